The Morgan fingerprint density at radius 1 is 0.972 bits per heavy atom. The normalized spacial score (nSPS) is 19.8. The van der Waals surface area contributed by atoms with E-state index < -0.39 is 11.6 Å². The van der Waals surface area contributed by atoms with Crippen LogP contribution in [0.5, 0.6) is 0 Å². The molecule has 0 saturated carbocycles. The van der Waals surface area contributed by atoms with E-state index in [0.29, 0.717) is 18.7 Å². The summed E-state index contributed by atoms with van der Waals surface area (Å²) in [6, 6.07) is 23.7. The van der Waals surface area contributed by atoms with Gasteiger partial charge in [-0.2, -0.15) is 0 Å². The molecule has 2 aliphatic heterocycles. The van der Waals surface area contributed by atoms with Crippen LogP contribution in [0.1, 0.15) is 47.1 Å². The molecule has 1 unspecified atom stereocenters. The molecule has 4 amide bonds. The van der Waals surface area contributed by atoms with Gasteiger partial charge in [0.15, 0.2) is 5.54 Å². The van der Waals surface area contributed by atoms with Crippen molar-refractivity contribution in [2.75, 3.05) is 11.4 Å². The number of benzene rings is 3. The van der Waals surface area contributed by atoms with E-state index in [2.05, 4.69) is 10.3 Å². The average molecular weight is 479 g/mol. The van der Waals surface area contributed by atoms with Crippen LogP contribution in [0.15, 0.2) is 78.9 Å². The lowest BCUT2D eigenvalue weighted by atomic mass is 9.87. The molecule has 2 atom stereocenters. The summed E-state index contributed by atoms with van der Waals surface area (Å²) >= 11 is 0. The quantitative estimate of drug-likeness (QED) is 0.409. The summed E-state index contributed by atoms with van der Waals surface area (Å²) in [5.74, 6) is -0.708. The first-order valence-electron chi connectivity index (χ1n) is 12.1. The number of anilines is 1. The zero-order valence-corrected chi connectivity index (χ0v) is 20.1. The Kier molecular flexibility index (Phi) is 4.96. The zero-order chi connectivity index (χ0) is 25.0. The van der Waals surface area contributed by atoms with Gasteiger partial charge in [0, 0.05) is 17.4 Å². The lowest BCUT2D eigenvalue weighted by molar-refractivity contribution is -0.125. The standard InChI is InChI=1S/C29H26N4O3/c1-18(19-10-4-3-5-11-19)30-26(34)22-13-7-9-15-24(22)33-27(35)29(2)25-21(16-17-32(29)28(33)36)20-12-6-8-14-23(20)31-25/h3-15,18,31H,16-17H2,1-2H3,(H,30,34)/t18?,29-/m0/s1. The molecule has 2 aliphatic rings. The van der Waals surface area contributed by atoms with E-state index in [1.54, 1.807) is 36.1 Å². The number of rotatable bonds is 4. The van der Waals surface area contributed by atoms with Gasteiger partial charge in [0.2, 0.25) is 0 Å². The van der Waals surface area contributed by atoms with E-state index in [4.69, 9.17) is 0 Å². The molecule has 7 nitrogen and oxygen atoms in total. The third-order valence-corrected chi connectivity index (χ3v) is 7.50. The first kappa shape index (κ1) is 22.1. The molecule has 0 radical (unpaired) electrons. The van der Waals surface area contributed by atoms with Crippen molar-refractivity contribution in [3.63, 3.8) is 0 Å². The number of amides is 4. The fourth-order valence-corrected chi connectivity index (χ4v) is 5.56. The summed E-state index contributed by atoms with van der Waals surface area (Å²) in [7, 11) is 0. The van der Waals surface area contributed by atoms with Crippen molar-refractivity contribution in [3.05, 3.63) is 101 Å². The summed E-state index contributed by atoms with van der Waals surface area (Å²) in [4.78, 5) is 47.3. The highest BCUT2D eigenvalue weighted by Crippen LogP contribution is 2.45. The van der Waals surface area contributed by atoms with Gasteiger partial charge in [0.25, 0.3) is 11.8 Å². The second kappa shape index (κ2) is 8.09. The maximum Gasteiger partial charge on any atom is 0.332 e. The van der Waals surface area contributed by atoms with Crippen molar-refractivity contribution in [1.29, 1.82) is 0 Å². The number of carbonyl (C=O) groups excluding carboxylic acids is 3. The molecule has 1 fully saturated rings. The molecule has 0 spiro atoms. The van der Waals surface area contributed by atoms with Crippen molar-refractivity contribution in [2.24, 2.45) is 0 Å². The number of aromatic amines is 1. The summed E-state index contributed by atoms with van der Waals surface area (Å²) in [5, 5.41) is 4.07. The first-order valence-corrected chi connectivity index (χ1v) is 12.1. The minimum atomic E-state index is -1.18. The van der Waals surface area contributed by atoms with Crippen LogP contribution in [0.3, 0.4) is 0 Å². The van der Waals surface area contributed by atoms with E-state index in [-0.39, 0.29) is 23.4 Å². The predicted molar refractivity (Wildman–Crippen MR) is 138 cm³/mol. The Hall–Kier alpha value is -4.39. The number of hydrogen-bond donors (Lipinski definition) is 2. The van der Waals surface area contributed by atoms with Crippen molar-refractivity contribution >= 4 is 34.4 Å². The number of nitrogens with zero attached hydrogens (tertiary/aromatic N) is 2. The zero-order valence-electron chi connectivity index (χ0n) is 20.1. The fraction of sp³-hybridized carbons (Fsp3) is 0.207. The number of aromatic nitrogens is 1. The van der Waals surface area contributed by atoms with Gasteiger partial charge in [-0.3, -0.25) is 9.59 Å². The van der Waals surface area contributed by atoms with Crippen molar-refractivity contribution in [2.45, 2.75) is 31.8 Å². The summed E-state index contributed by atoms with van der Waals surface area (Å²) in [6.07, 6.45) is 0.651. The monoisotopic (exact) mass is 478 g/mol. The second-order valence-corrected chi connectivity index (χ2v) is 9.54. The van der Waals surface area contributed by atoms with Crippen molar-refractivity contribution < 1.29 is 14.4 Å². The lowest BCUT2D eigenvalue weighted by Gasteiger charge is -2.35. The smallest absolute Gasteiger partial charge is 0.332 e. The van der Waals surface area contributed by atoms with Gasteiger partial charge in [-0.15, -0.1) is 0 Å². The van der Waals surface area contributed by atoms with Gasteiger partial charge in [-0.05, 0) is 49.6 Å². The predicted octanol–water partition coefficient (Wildman–Crippen LogP) is 4.90. The van der Waals surface area contributed by atoms with Crippen LogP contribution in [0, 0.1) is 0 Å². The molecule has 4 aromatic rings. The Labute approximate surface area is 208 Å². The number of fused-ring (bicyclic) bond motifs is 5. The molecule has 0 aliphatic carbocycles. The van der Waals surface area contributed by atoms with Crippen LogP contribution in [0.2, 0.25) is 0 Å². The number of urea groups is 1. The van der Waals surface area contributed by atoms with Gasteiger partial charge >= 0.3 is 6.03 Å². The van der Waals surface area contributed by atoms with E-state index in [9.17, 15) is 14.4 Å². The number of hydrogen-bond acceptors (Lipinski definition) is 3. The molecule has 36 heavy (non-hydrogen) atoms. The molecule has 1 saturated heterocycles. The van der Waals surface area contributed by atoms with Crippen molar-refractivity contribution in [1.82, 2.24) is 15.2 Å². The Balaban J connectivity index is 1.38. The molecule has 1 aromatic heterocycles. The van der Waals surface area contributed by atoms with Crippen LogP contribution in [0.4, 0.5) is 10.5 Å². The SMILES string of the molecule is CC(NC(=O)c1ccccc1N1C(=O)N2CCc3c([nH]c4ccccc34)[C@@]2(C)C1=O)c1ccccc1. The highest BCUT2D eigenvalue weighted by Gasteiger charge is 2.59. The fourth-order valence-electron chi connectivity index (χ4n) is 5.56. The third kappa shape index (κ3) is 3.09. The van der Waals surface area contributed by atoms with E-state index in [1.165, 1.54) is 4.90 Å². The van der Waals surface area contributed by atoms with Gasteiger partial charge < -0.3 is 15.2 Å². The summed E-state index contributed by atoms with van der Waals surface area (Å²) in [6.45, 7) is 4.12. The minimum Gasteiger partial charge on any atom is -0.356 e. The van der Waals surface area contributed by atoms with Gasteiger partial charge in [0.1, 0.15) is 0 Å². The largest absolute Gasteiger partial charge is 0.356 e. The first-order chi connectivity index (χ1) is 17.4. The highest BCUT2D eigenvalue weighted by molar-refractivity contribution is 6.25. The summed E-state index contributed by atoms with van der Waals surface area (Å²) in [5.41, 5.74) is 3.11. The van der Waals surface area contributed by atoms with Gasteiger partial charge in [-0.1, -0.05) is 60.7 Å². The van der Waals surface area contributed by atoms with Crippen LogP contribution >= 0.6 is 0 Å². The Morgan fingerprint density at radius 3 is 2.47 bits per heavy atom. The number of H-pyrrole nitrogens is 1. The molecule has 3 aromatic carbocycles. The Bertz CT molecular complexity index is 1530. The van der Waals surface area contributed by atoms with Gasteiger partial charge in [-0.25, -0.2) is 9.69 Å². The van der Waals surface area contributed by atoms with Crippen LogP contribution in [-0.4, -0.2) is 34.3 Å². The molecule has 7 heteroatoms. The lowest BCUT2D eigenvalue weighted by Crippen LogP contribution is -2.49. The molecule has 2 N–H and O–H groups in total. The third-order valence-electron chi connectivity index (χ3n) is 7.50. The molecule has 180 valence electrons. The molecular formula is C29H26N4O3. The Morgan fingerprint density at radius 2 is 1.67 bits per heavy atom. The number of para-hydroxylation sites is 2. The minimum absolute atomic E-state index is 0.241. The van der Waals surface area contributed by atoms with Crippen LogP contribution < -0.4 is 10.2 Å². The summed E-state index contributed by atoms with van der Waals surface area (Å²) < 4.78 is 0. The van der Waals surface area contributed by atoms with E-state index >= 15 is 0 Å². The maximum atomic E-state index is 14.0. The van der Waals surface area contributed by atoms with Crippen molar-refractivity contribution in [3.8, 4) is 0 Å². The molecule has 3 heterocycles. The number of nitrogens with one attached hydrogen (secondary N) is 2. The molecule has 0 bridgehead atoms. The topological polar surface area (TPSA) is 85.5 Å². The van der Waals surface area contributed by atoms with Gasteiger partial charge in [0.05, 0.1) is 23.0 Å². The van der Waals surface area contributed by atoms with Crippen LogP contribution in [0.25, 0.3) is 10.9 Å². The van der Waals surface area contributed by atoms with E-state index in [1.807, 2.05) is 61.5 Å². The second-order valence-electron chi connectivity index (χ2n) is 9.54. The number of carbonyl (C=O) groups is 3. The average Bonchev–Trinajstić information content (AvgIpc) is 3.38. The maximum absolute atomic E-state index is 14.0. The number of imide groups is 1. The molecule has 6 rings (SSSR count). The highest BCUT2D eigenvalue weighted by atomic mass is 16.2. The van der Waals surface area contributed by atoms with E-state index in [0.717, 1.165) is 27.7 Å². The molecular weight excluding hydrogens is 452 g/mol. The van der Waals surface area contributed by atoms with Crippen LogP contribution in [-0.2, 0) is 16.8 Å².